The van der Waals surface area contributed by atoms with Crippen molar-refractivity contribution in [2.75, 3.05) is 12.4 Å². The number of fused-ring (bicyclic) bond motifs is 3. The van der Waals surface area contributed by atoms with Crippen molar-refractivity contribution in [1.82, 2.24) is 4.98 Å². The summed E-state index contributed by atoms with van der Waals surface area (Å²) in [7, 11) is 1.63. The molecule has 1 aliphatic rings. The number of nitrogens with zero attached hydrogens (tertiary/aromatic N) is 1. The van der Waals surface area contributed by atoms with Gasteiger partial charge in [0.05, 0.1) is 18.2 Å². The van der Waals surface area contributed by atoms with Gasteiger partial charge >= 0.3 is 0 Å². The number of hydrogen-bond donors (Lipinski definition) is 1. The first kappa shape index (κ1) is 23.3. The first-order chi connectivity index (χ1) is 18.0. The Morgan fingerprint density at radius 2 is 1.70 bits per heavy atom. The van der Waals surface area contributed by atoms with Crippen LogP contribution in [0.15, 0.2) is 90.3 Å². The lowest BCUT2D eigenvalue weighted by atomic mass is 9.69. The third-order valence-electron chi connectivity index (χ3n) is 7.08. The van der Waals surface area contributed by atoms with Gasteiger partial charge in [0.15, 0.2) is 5.13 Å². The van der Waals surface area contributed by atoms with Crippen molar-refractivity contribution in [2.45, 2.75) is 19.8 Å². The second-order valence-corrected chi connectivity index (χ2v) is 10.6. The third kappa shape index (κ3) is 4.03. The number of carbonyl (C=O) groups excluding carboxylic acids is 1. The lowest BCUT2D eigenvalue weighted by Crippen LogP contribution is -2.38. The lowest BCUT2D eigenvalue weighted by molar-refractivity contribution is -0.124. The highest BCUT2D eigenvalue weighted by Crippen LogP contribution is 2.52. The zero-order valence-corrected chi connectivity index (χ0v) is 21.6. The van der Waals surface area contributed by atoms with Crippen molar-refractivity contribution < 1.29 is 14.3 Å². The van der Waals surface area contributed by atoms with Gasteiger partial charge < -0.3 is 14.8 Å². The second kappa shape index (κ2) is 9.05. The van der Waals surface area contributed by atoms with Gasteiger partial charge in [0.1, 0.15) is 17.2 Å². The predicted molar refractivity (Wildman–Crippen MR) is 149 cm³/mol. The highest BCUT2D eigenvalue weighted by molar-refractivity contribution is 7.14. The Balaban J connectivity index is 1.33. The highest BCUT2D eigenvalue weighted by atomic mass is 32.1. The Kier molecular flexibility index (Phi) is 5.69. The van der Waals surface area contributed by atoms with Gasteiger partial charge in [-0.05, 0) is 22.9 Å². The summed E-state index contributed by atoms with van der Waals surface area (Å²) in [5.74, 6) is 1.85. The normalized spacial score (nSPS) is 14.4. The fourth-order valence-electron chi connectivity index (χ4n) is 5.14. The minimum atomic E-state index is -0.797. The van der Waals surface area contributed by atoms with Crippen LogP contribution in [-0.4, -0.2) is 18.0 Å². The molecule has 5 aromatic rings. The number of benzene rings is 4. The number of nitrogens with one attached hydrogen (secondary N) is 1. The van der Waals surface area contributed by atoms with Crippen LogP contribution < -0.4 is 14.8 Å². The molecule has 6 rings (SSSR count). The van der Waals surface area contributed by atoms with Crippen LogP contribution in [0.25, 0.3) is 22.0 Å². The molecule has 2 heterocycles. The van der Waals surface area contributed by atoms with E-state index in [1.165, 1.54) is 11.3 Å². The van der Waals surface area contributed by atoms with E-state index >= 15 is 0 Å². The van der Waals surface area contributed by atoms with Crippen molar-refractivity contribution in [3.05, 3.63) is 101 Å². The Bertz CT molecular complexity index is 1630. The average molecular weight is 507 g/mol. The molecule has 1 N–H and O–H groups in total. The van der Waals surface area contributed by atoms with Gasteiger partial charge in [-0.3, -0.25) is 4.79 Å². The summed E-state index contributed by atoms with van der Waals surface area (Å²) in [6, 6.07) is 28.1. The van der Waals surface area contributed by atoms with E-state index in [9.17, 15) is 4.79 Å². The monoisotopic (exact) mass is 506 g/mol. The van der Waals surface area contributed by atoms with Crippen molar-refractivity contribution in [3.8, 4) is 28.5 Å². The summed E-state index contributed by atoms with van der Waals surface area (Å²) in [6.45, 7) is 3.95. The first-order valence-corrected chi connectivity index (χ1v) is 13.0. The van der Waals surface area contributed by atoms with E-state index < -0.39 is 5.41 Å². The van der Waals surface area contributed by atoms with Gasteiger partial charge in [0.2, 0.25) is 5.91 Å². The van der Waals surface area contributed by atoms with Crippen LogP contribution in [0.5, 0.6) is 17.2 Å². The van der Waals surface area contributed by atoms with Crippen LogP contribution in [0.1, 0.15) is 30.9 Å². The molecule has 37 heavy (non-hydrogen) atoms. The number of hydrogen-bond acceptors (Lipinski definition) is 5. The van der Waals surface area contributed by atoms with E-state index in [4.69, 9.17) is 14.5 Å². The van der Waals surface area contributed by atoms with Gasteiger partial charge in [-0.15, -0.1) is 11.3 Å². The van der Waals surface area contributed by atoms with E-state index in [-0.39, 0.29) is 11.8 Å². The van der Waals surface area contributed by atoms with Crippen molar-refractivity contribution in [3.63, 3.8) is 0 Å². The average Bonchev–Trinajstić information content (AvgIpc) is 3.39. The number of aromatic nitrogens is 1. The third-order valence-corrected chi connectivity index (χ3v) is 7.84. The van der Waals surface area contributed by atoms with Crippen LogP contribution in [0.3, 0.4) is 0 Å². The Morgan fingerprint density at radius 1 is 0.946 bits per heavy atom. The van der Waals surface area contributed by atoms with E-state index in [1.807, 2.05) is 79.9 Å². The van der Waals surface area contributed by atoms with Gasteiger partial charge in [0.25, 0.3) is 0 Å². The fourth-order valence-corrected chi connectivity index (χ4v) is 5.84. The van der Waals surface area contributed by atoms with Gasteiger partial charge in [0, 0.05) is 34.1 Å². The molecular weight excluding hydrogens is 480 g/mol. The molecule has 5 nitrogen and oxygen atoms in total. The fraction of sp³-hybridized carbons (Fsp3) is 0.161. The molecule has 0 aliphatic carbocycles. The second-order valence-electron chi connectivity index (χ2n) is 9.72. The van der Waals surface area contributed by atoms with Crippen LogP contribution in [-0.2, 0) is 4.79 Å². The van der Waals surface area contributed by atoms with Gasteiger partial charge in [-0.2, -0.15) is 0 Å². The van der Waals surface area contributed by atoms with Crippen LogP contribution in [0.2, 0.25) is 0 Å². The minimum absolute atomic E-state index is 0.102. The minimum Gasteiger partial charge on any atom is -0.497 e. The molecule has 6 heteroatoms. The summed E-state index contributed by atoms with van der Waals surface area (Å²) in [5, 5.41) is 7.98. The molecule has 0 saturated heterocycles. The summed E-state index contributed by atoms with van der Waals surface area (Å²) >= 11 is 1.44. The summed E-state index contributed by atoms with van der Waals surface area (Å²) < 4.78 is 11.6. The maximum atomic E-state index is 13.8. The number of rotatable bonds is 5. The number of ether oxygens (including phenoxy) is 2. The number of methoxy groups -OCH3 is 1. The number of amides is 1. The molecular formula is C31H26N2O3S. The molecule has 1 aromatic heterocycles. The largest absolute Gasteiger partial charge is 0.497 e. The number of anilines is 1. The van der Waals surface area contributed by atoms with E-state index in [2.05, 4.69) is 29.6 Å². The molecule has 184 valence electrons. The predicted octanol–water partition coefficient (Wildman–Crippen LogP) is 7.87. The van der Waals surface area contributed by atoms with E-state index in [1.54, 1.807) is 7.11 Å². The van der Waals surface area contributed by atoms with Crippen LogP contribution in [0.4, 0.5) is 5.13 Å². The standard InChI is InChI=1S/C31H26N2O3S/c1-31(2,28-23-12-6-7-14-26(23)36-27-17-20(35-3)15-16-24(27)28)29(34)33-30-32-25(18-37-30)22-13-8-10-19-9-4-5-11-21(19)22/h4-18,28H,1-3H3,(H,32,33,34). The molecule has 1 amide bonds. The van der Waals surface area contributed by atoms with Gasteiger partial charge in [-0.25, -0.2) is 4.98 Å². The molecule has 0 saturated carbocycles. The molecule has 0 radical (unpaired) electrons. The summed E-state index contributed by atoms with van der Waals surface area (Å²) in [5.41, 5.74) is 3.04. The zero-order chi connectivity index (χ0) is 25.6. The topological polar surface area (TPSA) is 60.5 Å². The molecule has 1 aliphatic heterocycles. The molecule has 4 aromatic carbocycles. The first-order valence-electron chi connectivity index (χ1n) is 12.2. The number of carbonyl (C=O) groups is 1. The Morgan fingerprint density at radius 3 is 2.57 bits per heavy atom. The molecule has 0 bridgehead atoms. The smallest absolute Gasteiger partial charge is 0.232 e. The van der Waals surface area contributed by atoms with E-state index in [0.29, 0.717) is 16.6 Å². The molecule has 1 atom stereocenters. The number of para-hydroxylation sites is 1. The Labute approximate surface area is 219 Å². The molecule has 0 spiro atoms. The van der Waals surface area contributed by atoms with E-state index in [0.717, 1.165) is 38.9 Å². The maximum Gasteiger partial charge on any atom is 0.232 e. The van der Waals surface area contributed by atoms with Crippen LogP contribution in [0, 0.1) is 5.41 Å². The van der Waals surface area contributed by atoms with Gasteiger partial charge in [-0.1, -0.05) is 80.6 Å². The molecule has 0 fully saturated rings. The van der Waals surface area contributed by atoms with Crippen molar-refractivity contribution in [1.29, 1.82) is 0 Å². The Hall–Kier alpha value is -4.16. The summed E-state index contributed by atoms with van der Waals surface area (Å²) in [6.07, 6.45) is 0. The SMILES string of the molecule is COc1ccc2c(c1)Oc1ccccc1C2C(C)(C)C(=O)Nc1nc(-c2cccc3ccccc23)cs1. The van der Waals surface area contributed by atoms with Crippen molar-refractivity contribution in [2.24, 2.45) is 5.41 Å². The number of thiazole rings is 1. The summed E-state index contributed by atoms with van der Waals surface area (Å²) in [4.78, 5) is 18.6. The van der Waals surface area contributed by atoms with Crippen LogP contribution >= 0.6 is 11.3 Å². The zero-order valence-electron chi connectivity index (χ0n) is 20.8. The highest BCUT2D eigenvalue weighted by Gasteiger charge is 2.43. The maximum absolute atomic E-state index is 13.8. The van der Waals surface area contributed by atoms with Crippen molar-refractivity contribution >= 4 is 33.1 Å². The molecule has 1 unspecified atom stereocenters. The quantitative estimate of drug-likeness (QED) is 0.263. The lowest BCUT2D eigenvalue weighted by Gasteiger charge is -2.38.